The highest BCUT2D eigenvalue weighted by molar-refractivity contribution is 5.30. The molecule has 0 bridgehead atoms. The van der Waals surface area contributed by atoms with Crippen LogP contribution in [0.5, 0.6) is 5.75 Å². The average Bonchev–Trinajstić information content (AvgIpc) is 2.58. The lowest BCUT2D eigenvalue weighted by molar-refractivity contribution is 0.328. The highest BCUT2D eigenvalue weighted by atomic mass is 19.1. The lowest BCUT2D eigenvalue weighted by Crippen LogP contribution is -2.21. The van der Waals surface area contributed by atoms with E-state index in [4.69, 9.17) is 10.5 Å². The van der Waals surface area contributed by atoms with Gasteiger partial charge in [0.05, 0.1) is 7.11 Å². The van der Waals surface area contributed by atoms with Crippen LogP contribution in [0.3, 0.4) is 0 Å². The largest absolute Gasteiger partial charge is 0.494 e. The molecule has 0 aliphatic heterocycles. The maximum absolute atomic E-state index is 13.6. The minimum Gasteiger partial charge on any atom is -0.494 e. The third-order valence-electron chi connectivity index (χ3n) is 3.72. The second-order valence-corrected chi connectivity index (χ2v) is 5.46. The summed E-state index contributed by atoms with van der Waals surface area (Å²) >= 11 is 0. The SMILES string of the molecule is COc1ccc(CC2(C)CCC(N)C2)cc1F. The maximum Gasteiger partial charge on any atom is 0.165 e. The van der Waals surface area contributed by atoms with Gasteiger partial charge in [-0.15, -0.1) is 0 Å². The molecule has 1 saturated carbocycles. The molecule has 1 aliphatic carbocycles. The number of methoxy groups -OCH3 is 1. The Balaban J connectivity index is 2.11. The molecule has 1 aromatic carbocycles. The highest BCUT2D eigenvalue weighted by Gasteiger charge is 2.33. The standard InChI is InChI=1S/C14H20FNO/c1-14(6-5-11(16)9-14)8-10-3-4-13(17-2)12(15)7-10/h3-4,7,11H,5-6,8-9,16H2,1-2H3. The number of halogens is 1. The van der Waals surface area contributed by atoms with Gasteiger partial charge in [0.2, 0.25) is 0 Å². The fraction of sp³-hybridized carbons (Fsp3) is 0.571. The molecule has 2 nitrogen and oxygen atoms in total. The molecule has 17 heavy (non-hydrogen) atoms. The number of nitrogens with two attached hydrogens (primary N) is 1. The molecule has 2 N–H and O–H groups in total. The van der Waals surface area contributed by atoms with Crippen LogP contribution >= 0.6 is 0 Å². The first kappa shape index (κ1) is 12.4. The van der Waals surface area contributed by atoms with Crippen molar-refractivity contribution in [1.29, 1.82) is 0 Å². The molecule has 0 heterocycles. The van der Waals surface area contributed by atoms with Crippen LogP contribution in [0.25, 0.3) is 0 Å². The molecule has 2 rings (SSSR count). The van der Waals surface area contributed by atoms with E-state index in [1.165, 1.54) is 7.11 Å². The van der Waals surface area contributed by atoms with E-state index in [1.54, 1.807) is 12.1 Å². The second-order valence-electron chi connectivity index (χ2n) is 5.46. The summed E-state index contributed by atoms with van der Waals surface area (Å²) in [6, 6.07) is 5.52. The van der Waals surface area contributed by atoms with E-state index in [2.05, 4.69) is 6.92 Å². The topological polar surface area (TPSA) is 35.2 Å². The Bertz CT molecular complexity index is 407. The molecule has 0 amide bonds. The molecule has 0 aromatic heterocycles. The van der Waals surface area contributed by atoms with E-state index in [0.717, 1.165) is 31.2 Å². The van der Waals surface area contributed by atoms with Gasteiger partial charge in [-0.1, -0.05) is 13.0 Å². The molecular weight excluding hydrogens is 217 g/mol. The lowest BCUT2D eigenvalue weighted by Gasteiger charge is -2.24. The minimum absolute atomic E-state index is 0.223. The van der Waals surface area contributed by atoms with Crippen LogP contribution < -0.4 is 10.5 Å². The smallest absolute Gasteiger partial charge is 0.165 e. The van der Waals surface area contributed by atoms with Crippen molar-refractivity contribution in [2.24, 2.45) is 11.1 Å². The van der Waals surface area contributed by atoms with Crippen LogP contribution in [0.1, 0.15) is 31.7 Å². The lowest BCUT2D eigenvalue weighted by atomic mass is 9.82. The quantitative estimate of drug-likeness (QED) is 0.877. The van der Waals surface area contributed by atoms with E-state index in [0.29, 0.717) is 11.8 Å². The summed E-state index contributed by atoms with van der Waals surface area (Å²) in [4.78, 5) is 0. The summed E-state index contributed by atoms with van der Waals surface area (Å²) in [5.74, 6) is 0.0259. The van der Waals surface area contributed by atoms with Gasteiger partial charge in [-0.05, 0) is 48.8 Å². The predicted octanol–water partition coefficient (Wildman–Crippen LogP) is 2.89. The monoisotopic (exact) mass is 237 g/mol. The van der Waals surface area contributed by atoms with E-state index in [9.17, 15) is 4.39 Å². The fourth-order valence-electron chi connectivity index (χ4n) is 2.84. The van der Waals surface area contributed by atoms with Crippen molar-refractivity contribution in [3.63, 3.8) is 0 Å². The van der Waals surface area contributed by atoms with Gasteiger partial charge in [0.25, 0.3) is 0 Å². The molecule has 0 saturated heterocycles. The third kappa shape index (κ3) is 2.78. The Morgan fingerprint density at radius 2 is 2.29 bits per heavy atom. The van der Waals surface area contributed by atoms with Gasteiger partial charge in [0.15, 0.2) is 11.6 Å². The molecule has 94 valence electrons. The van der Waals surface area contributed by atoms with Crippen molar-refractivity contribution in [2.45, 2.75) is 38.6 Å². The van der Waals surface area contributed by atoms with Gasteiger partial charge in [0.1, 0.15) is 0 Å². The van der Waals surface area contributed by atoms with Crippen LogP contribution in [0.4, 0.5) is 4.39 Å². The van der Waals surface area contributed by atoms with Crippen LogP contribution in [-0.2, 0) is 6.42 Å². The van der Waals surface area contributed by atoms with Gasteiger partial charge in [-0.2, -0.15) is 0 Å². The molecule has 2 atom stereocenters. The first-order valence-electron chi connectivity index (χ1n) is 6.10. The molecular formula is C14H20FNO. The van der Waals surface area contributed by atoms with Gasteiger partial charge in [-0.3, -0.25) is 0 Å². The van der Waals surface area contributed by atoms with Crippen molar-refractivity contribution in [3.05, 3.63) is 29.6 Å². The molecule has 1 aromatic rings. The Morgan fingerprint density at radius 1 is 1.53 bits per heavy atom. The van der Waals surface area contributed by atoms with Gasteiger partial charge in [-0.25, -0.2) is 4.39 Å². The summed E-state index contributed by atoms with van der Waals surface area (Å²) in [6.07, 6.45) is 4.12. The summed E-state index contributed by atoms with van der Waals surface area (Å²) in [6.45, 7) is 2.24. The van der Waals surface area contributed by atoms with Crippen molar-refractivity contribution in [1.82, 2.24) is 0 Å². The average molecular weight is 237 g/mol. The zero-order chi connectivity index (χ0) is 12.5. The first-order chi connectivity index (χ1) is 8.02. The van der Waals surface area contributed by atoms with Crippen LogP contribution in [0.2, 0.25) is 0 Å². The number of hydrogen-bond acceptors (Lipinski definition) is 2. The third-order valence-corrected chi connectivity index (χ3v) is 3.72. The molecule has 1 aliphatic rings. The van der Waals surface area contributed by atoms with Crippen LogP contribution in [0.15, 0.2) is 18.2 Å². The predicted molar refractivity (Wildman–Crippen MR) is 66.6 cm³/mol. The maximum atomic E-state index is 13.6. The zero-order valence-corrected chi connectivity index (χ0v) is 10.5. The first-order valence-corrected chi connectivity index (χ1v) is 6.10. The fourth-order valence-corrected chi connectivity index (χ4v) is 2.84. The molecule has 2 unspecified atom stereocenters. The normalized spacial score (nSPS) is 28.4. The van der Waals surface area contributed by atoms with Gasteiger partial charge in [0, 0.05) is 6.04 Å². The van der Waals surface area contributed by atoms with E-state index < -0.39 is 0 Å². The van der Waals surface area contributed by atoms with Crippen molar-refractivity contribution in [2.75, 3.05) is 7.11 Å². The molecule has 1 fully saturated rings. The number of hydrogen-bond donors (Lipinski definition) is 1. The van der Waals surface area contributed by atoms with Crippen LogP contribution in [-0.4, -0.2) is 13.2 Å². The van der Waals surface area contributed by atoms with E-state index in [-0.39, 0.29) is 11.2 Å². The highest BCUT2D eigenvalue weighted by Crippen LogP contribution is 2.40. The van der Waals surface area contributed by atoms with Crippen LogP contribution in [0, 0.1) is 11.2 Å². The van der Waals surface area contributed by atoms with Crippen molar-refractivity contribution < 1.29 is 9.13 Å². The Morgan fingerprint density at radius 3 is 2.82 bits per heavy atom. The summed E-state index contributed by atoms with van der Waals surface area (Å²) in [5.41, 5.74) is 7.20. The Kier molecular flexibility index (Phi) is 3.38. The Labute approximate surface area is 102 Å². The molecule has 0 spiro atoms. The summed E-state index contributed by atoms with van der Waals surface area (Å²) in [7, 11) is 1.48. The van der Waals surface area contributed by atoms with Gasteiger partial charge >= 0.3 is 0 Å². The van der Waals surface area contributed by atoms with E-state index >= 15 is 0 Å². The second kappa shape index (κ2) is 4.65. The number of ether oxygens (including phenoxy) is 1. The van der Waals surface area contributed by atoms with Crippen molar-refractivity contribution in [3.8, 4) is 5.75 Å². The molecule has 0 radical (unpaired) electrons. The summed E-state index contributed by atoms with van der Waals surface area (Å²) < 4.78 is 18.5. The Hall–Kier alpha value is -1.09. The van der Waals surface area contributed by atoms with E-state index in [1.807, 2.05) is 6.07 Å². The van der Waals surface area contributed by atoms with Crippen molar-refractivity contribution >= 4 is 0 Å². The molecule has 3 heteroatoms. The number of rotatable bonds is 3. The zero-order valence-electron chi connectivity index (χ0n) is 10.5. The summed E-state index contributed by atoms with van der Waals surface area (Å²) in [5, 5.41) is 0. The minimum atomic E-state index is -0.282. The van der Waals surface area contributed by atoms with Gasteiger partial charge < -0.3 is 10.5 Å². The number of benzene rings is 1.